The van der Waals surface area contributed by atoms with Gasteiger partial charge in [0.2, 0.25) is 0 Å². The third kappa shape index (κ3) is 2.89. The Hall–Kier alpha value is -0.840. The first kappa shape index (κ1) is 12.6. The quantitative estimate of drug-likeness (QED) is 0.898. The summed E-state index contributed by atoms with van der Waals surface area (Å²) in [5, 5.41) is 4.06. The second kappa shape index (κ2) is 5.67. The number of thiazole rings is 1. The van der Waals surface area contributed by atoms with Gasteiger partial charge < -0.3 is 10.1 Å². The summed E-state index contributed by atoms with van der Waals surface area (Å²) in [5.41, 5.74) is 3.67. The molecule has 17 heavy (non-hydrogen) atoms. The van der Waals surface area contributed by atoms with E-state index < -0.39 is 0 Å². The van der Waals surface area contributed by atoms with Crippen molar-refractivity contribution in [2.45, 2.75) is 19.9 Å². The number of anilines is 1. The fourth-order valence-electron chi connectivity index (χ4n) is 1.63. The maximum atomic E-state index is 6.20. The van der Waals surface area contributed by atoms with Gasteiger partial charge in [-0.2, -0.15) is 0 Å². The Labute approximate surface area is 110 Å². The van der Waals surface area contributed by atoms with Gasteiger partial charge >= 0.3 is 0 Å². The predicted octanol–water partition coefficient (Wildman–Crippen LogP) is 3.79. The van der Waals surface area contributed by atoms with Crippen LogP contribution < -0.4 is 5.32 Å². The molecule has 3 nitrogen and oxygen atoms in total. The van der Waals surface area contributed by atoms with E-state index >= 15 is 0 Å². The van der Waals surface area contributed by atoms with Crippen molar-refractivity contribution in [3.8, 4) is 0 Å². The number of nitrogens with zero attached hydrogens (tertiary/aromatic N) is 1. The Balaban J connectivity index is 2.22. The Morgan fingerprint density at radius 1 is 1.53 bits per heavy atom. The average molecular weight is 271 g/mol. The summed E-state index contributed by atoms with van der Waals surface area (Å²) >= 11 is 7.81. The molecule has 0 spiro atoms. The van der Waals surface area contributed by atoms with Crippen LogP contribution in [0.5, 0.6) is 0 Å². The highest BCUT2D eigenvalue weighted by Crippen LogP contribution is 2.32. The van der Waals surface area contributed by atoms with E-state index in [2.05, 4.69) is 17.2 Å². The molecule has 0 bridgehead atoms. The number of fused-ring (bicyclic) bond motifs is 1. The van der Waals surface area contributed by atoms with Crippen molar-refractivity contribution in [3.63, 3.8) is 0 Å². The van der Waals surface area contributed by atoms with Gasteiger partial charge in [0.1, 0.15) is 5.52 Å². The zero-order valence-electron chi connectivity index (χ0n) is 9.87. The van der Waals surface area contributed by atoms with E-state index in [0.717, 1.165) is 22.5 Å². The lowest BCUT2D eigenvalue weighted by atomic mass is 10.2. The molecule has 0 aliphatic carbocycles. The van der Waals surface area contributed by atoms with Crippen molar-refractivity contribution in [1.82, 2.24) is 4.98 Å². The van der Waals surface area contributed by atoms with Gasteiger partial charge in [-0.3, -0.25) is 0 Å². The number of nitrogens with one attached hydrogen (secondary N) is 1. The SMILES string of the molecule is CCOCC(C)Nc1c(Cl)ccc2scnc12. The zero-order chi connectivity index (χ0) is 12.3. The number of halogens is 1. The van der Waals surface area contributed by atoms with Crippen LogP contribution in [0.15, 0.2) is 17.6 Å². The highest BCUT2D eigenvalue weighted by atomic mass is 35.5. The summed E-state index contributed by atoms with van der Waals surface area (Å²) in [7, 11) is 0. The molecule has 0 saturated carbocycles. The van der Waals surface area contributed by atoms with Gasteiger partial charge in [-0.1, -0.05) is 11.6 Å². The van der Waals surface area contributed by atoms with Crippen molar-refractivity contribution in [1.29, 1.82) is 0 Å². The van der Waals surface area contributed by atoms with Crippen molar-refractivity contribution in [2.24, 2.45) is 0 Å². The van der Waals surface area contributed by atoms with Crippen molar-refractivity contribution in [3.05, 3.63) is 22.7 Å². The van der Waals surface area contributed by atoms with Gasteiger partial charge in [-0.25, -0.2) is 4.98 Å². The lowest BCUT2D eigenvalue weighted by molar-refractivity contribution is 0.141. The second-order valence-corrected chi connectivity index (χ2v) is 5.12. The molecule has 0 amide bonds. The number of aromatic nitrogens is 1. The number of rotatable bonds is 5. The highest BCUT2D eigenvalue weighted by molar-refractivity contribution is 7.16. The van der Waals surface area contributed by atoms with Crippen LogP contribution in [0.25, 0.3) is 10.2 Å². The molecule has 2 aromatic rings. The van der Waals surface area contributed by atoms with Crippen LogP contribution in [0.4, 0.5) is 5.69 Å². The van der Waals surface area contributed by atoms with Crippen LogP contribution >= 0.6 is 22.9 Å². The fraction of sp³-hybridized carbons (Fsp3) is 0.417. The van der Waals surface area contributed by atoms with E-state index in [4.69, 9.17) is 16.3 Å². The van der Waals surface area contributed by atoms with Gasteiger partial charge in [0.15, 0.2) is 0 Å². The van der Waals surface area contributed by atoms with E-state index in [1.165, 1.54) is 0 Å². The maximum absolute atomic E-state index is 6.20. The van der Waals surface area contributed by atoms with Crippen LogP contribution in [-0.2, 0) is 4.74 Å². The summed E-state index contributed by atoms with van der Waals surface area (Å²) in [6.45, 7) is 5.44. The lowest BCUT2D eigenvalue weighted by Crippen LogP contribution is -2.22. The van der Waals surface area contributed by atoms with Gasteiger partial charge in [-0.15, -0.1) is 11.3 Å². The molecule has 5 heteroatoms. The molecular formula is C12H15ClN2OS. The summed E-state index contributed by atoms with van der Waals surface area (Å²) in [5.74, 6) is 0. The van der Waals surface area contributed by atoms with E-state index in [1.807, 2.05) is 24.6 Å². The minimum atomic E-state index is 0.208. The molecule has 1 aromatic heterocycles. The van der Waals surface area contributed by atoms with Crippen LogP contribution in [0.2, 0.25) is 5.02 Å². The Bertz CT molecular complexity index is 500. The van der Waals surface area contributed by atoms with Crippen LogP contribution in [-0.4, -0.2) is 24.2 Å². The van der Waals surface area contributed by atoms with Crippen molar-refractivity contribution >= 4 is 38.8 Å². The van der Waals surface area contributed by atoms with Crippen LogP contribution in [0.1, 0.15) is 13.8 Å². The molecule has 92 valence electrons. The lowest BCUT2D eigenvalue weighted by Gasteiger charge is -2.16. The average Bonchev–Trinajstić information content (AvgIpc) is 2.78. The molecule has 1 heterocycles. The zero-order valence-corrected chi connectivity index (χ0v) is 11.4. The van der Waals surface area contributed by atoms with Gasteiger partial charge in [-0.05, 0) is 26.0 Å². The van der Waals surface area contributed by atoms with Crippen molar-refractivity contribution < 1.29 is 4.74 Å². The van der Waals surface area contributed by atoms with E-state index in [-0.39, 0.29) is 6.04 Å². The normalized spacial score (nSPS) is 12.9. The molecule has 0 saturated heterocycles. The van der Waals surface area contributed by atoms with Gasteiger partial charge in [0.25, 0.3) is 0 Å². The van der Waals surface area contributed by atoms with E-state index in [9.17, 15) is 0 Å². The van der Waals surface area contributed by atoms with Gasteiger partial charge in [0, 0.05) is 12.6 Å². The predicted molar refractivity (Wildman–Crippen MR) is 74.2 cm³/mol. The maximum Gasteiger partial charge on any atom is 0.106 e. The summed E-state index contributed by atoms with van der Waals surface area (Å²) < 4.78 is 6.52. The molecule has 2 rings (SSSR count). The summed E-state index contributed by atoms with van der Waals surface area (Å²) in [4.78, 5) is 4.34. The number of hydrogen-bond acceptors (Lipinski definition) is 4. The highest BCUT2D eigenvalue weighted by Gasteiger charge is 2.11. The molecule has 1 unspecified atom stereocenters. The molecule has 1 N–H and O–H groups in total. The smallest absolute Gasteiger partial charge is 0.106 e. The molecule has 1 atom stereocenters. The molecule has 0 radical (unpaired) electrons. The molecule has 0 fully saturated rings. The van der Waals surface area contributed by atoms with Crippen LogP contribution in [0.3, 0.4) is 0 Å². The largest absolute Gasteiger partial charge is 0.380 e. The number of hydrogen-bond donors (Lipinski definition) is 1. The van der Waals surface area contributed by atoms with Crippen LogP contribution in [0, 0.1) is 0 Å². The fourth-order valence-corrected chi connectivity index (χ4v) is 2.52. The van der Waals surface area contributed by atoms with Crippen molar-refractivity contribution in [2.75, 3.05) is 18.5 Å². The molecular weight excluding hydrogens is 256 g/mol. The van der Waals surface area contributed by atoms with E-state index in [1.54, 1.807) is 11.3 Å². The monoisotopic (exact) mass is 270 g/mol. The topological polar surface area (TPSA) is 34.1 Å². The third-order valence-corrected chi connectivity index (χ3v) is 3.52. The molecule has 0 aliphatic heterocycles. The summed E-state index contributed by atoms with van der Waals surface area (Å²) in [6.07, 6.45) is 0. The summed E-state index contributed by atoms with van der Waals surface area (Å²) in [6, 6.07) is 4.10. The second-order valence-electron chi connectivity index (χ2n) is 3.83. The standard InChI is InChI=1S/C12H15ClN2OS/c1-3-16-6-8(2)15-11-9(13)4-5-10-12(11)14-7-17-10/h4-5,7-8,15H,3,6H2,1-2H3. The minimum absolute atomic E-state index is 0.208. The minimum Gasteiger partial charge on any atom is -0.380 e. The number of benzene rings is 1. The molecule has 1 aromatic carbocycles. The molecule has 0 aliphatic rings. The first-order valence-corrected chi connectivity index (χ1v) is 6.84. The van der Waals surface area contributed by atoms with Gasteiger partial charge in [0.05, 0.1) is 27.5 Å². The number of ether oxygens (including phenoxy) is 1. The first-order chi connectivity index (χ1) is 8.22. The van der Waals surface area contributed by atoms with E-state index in [0.29, 0.717) is 11.6 Å². The Morgan fingerprint density at radius 2 is 2.35 bits per heavy atom. The Morgan fingerprint density at radius 3 is 3.12 bits per heavy atom. The third-order valence-electron chi connectivity index (χ3n) is 2.41. The Kier molecular flexibility index (Phi) is 4.20. The first-order valence-electron chi connectivity index (χ1n) is 5.58.